The van der Waals surface area contributed by atoms with E-state index in [9.17, 15) is 34.2 Å². The van der Waals surface area contributed by atoms with Crippen molar-refractivity contribution in [3.63, 3.8) is 0 Å². The van der Waals surface area contributed by atoms with Crippen LogP contribution in [0.4, 0.5) is 0 Å². The highest BCUT2D eigenvalue weighted by Gasteiger charge is 2.69. The molecule has 0 spiro atoms. The van der Waals surface area contributed by atoms with E-state index >= 15 is 0 Å². The molecule has 1 aromatic carbocycles. The van der Waals surface area contributed by atoms with E-state index < -0.39 is 64.4 Å². The summed E-state index contributed by atoms with van der Waals surface area (Å²) in [5.74, 6) is -10.8. The molecule has 2 fully saturated rings. The number of phenolic OH excluding ortho intramolecular Hbond substituents is 1. The number of carbonyl (C=O) groups is 5. The summed E-state index contributed by atoms with van der Waals surface area (Å²) in [5, 5.41) is 22.0. The van der Waals surface area contributed by atoms with Crippen LogP contribution in [0.2, 0.25) is 0 Å². The largest absolute Gasteiger partial charge is 0.507 e. The number of nitrogens with two attached hydrogens (primary N) is 1. The van der Waals surface area contributed by atoms with E-state index in [4.69, 9.17) is 10.6 Å². The maximum absolute atomic E-state index is 13.7. The van der Waals surface area contributed by atoms with Gasteiger partial charge in [0.15, 0.2) is 34.7 Å². The lowest BCUT2D eigenvalue weighted by atomic mass is 9.52. The number of fused-ring (bicyclic) bond motifs is 3. The van der Waals surface area contributed by atoms with Crippen molar-refractivity contribution in [1.29, 1.82) is 0 Å². The van der Waals surface area contributed by atoms with Crippen molar-refractivity contribution in [3.05, 3.63) is 35.4 Å². The molecular weight excluding hydrogens is 458 g/mol. The Morgan fingerprint density at radius 3 is 2.46 bits per heavy atom. The van der Waals surface area contributed by atoms with E-state index in [0.29, 0.717) is 16.8 Å². The molecule has 1 aromatic rings. The first-order valence-corrected chi connectivity index (χ1v) is 11.1. The third kappa shape index (κ3) is 3.33. The molecule has 3 unspecified atom stereocenters. The van der Waals surface area contributed by atoms with Gasteiger partial charge in [0.1, 0.15) is 5.75 Å². The molecule has 1 amide bonds. The van der Waals surface area contributed by atoms with Gasteiger partial charge in [-0.1, -0.05) is 6.58 Å². The zero-order valence-corrected chi connectivity index (χ0v) is 19.5. The number of likely N-dealkylation sites (N-methyl/N-ethyl adjacent to an activating group) is 1. The Kier molecular flexibility index (Phi) is 5.90. The predicted octanol–water partition coefficient (Wildman–Crippen LogP) is -1.01. The van der Waals surface area contributed by atoms with Crippen molar-refractivity contribution in [2.75, 3.05) is 21.2 Å². The number of hydrogen-bond donors (Lipinski definition) is 4. The molecule has 0 aliphatic heterocycles. The van der Waals surface area contributed by atoms with Gasteiger partial charge in [-0.15, -0.1) is 0 Å². The van der Waals surface area contributed by atoms with Gasteiger partial charge in [-0.2, -0.15) is 0 Å². The summed E-state index contributed by atoms with van der Waals surface area (Å²) in [5.41, 5.74) is 6.31. The highest BCUT2D eigenvalue weighted by molar-refractivity contribution is 6.32. The minimum atomic E-state index is -2.74. The molecule has 0 bridgehead atoms. The van der Waals surface area contributed by atoms with Crippen LogP contribution in [0, 0.1) is 23.7 Å². The molecule has 2 saturated carbocycles. The van der Waals surface area contributed by atoms with E-state index in [0.717, 1.165) is 0 Å². The van der Waals surface area contributed by atoms with Crippen molar-refractivity contribution < 1.29 is 39.0 Å². The number of aliphatic hydroxyl groups is 1. The summed E-state index contributed by atoms with van der Waals surface area (Å²) in [6.07, 6.45) is 0.114. The number of ketones is 4. The van der Waals surface area contributed by atoms with Crippen LogP contribution < -0.4 is 11.2 Å². The Balaban J connectivity index is 1.87. The summed E-state index contributed by atoms with van der Waals surface area (Å²) in [7, 11) is 4.45. The second-order valence-electron chi connectivity index (χ2n) is 9.56. The summed E-state index contributed by atoms with van der Waals surface area (Å²) in [6.45, 7) is 3.88. The summed E-state index contributed by atoms with van der Waals surface area (Å²) >= 11 is 0. The van der Waals surface area contributed by atoms with Crippen LogP contribution in [0.5, 0.6) is 5.75 Å². The number of Topliss-reactive ketones (excluding diaryl/α,β-unsaturated/α-hetero) is 4. The number of rotatable bonds is 5. The summed E-state index contributed by atoms with van der Waals surface area (Å²) in [4.78, 5) is 71.9. The maximum Gasteiger partial charge on any atom is 0.235 e. The van der Waals surface area contributed by atoms with E-state index in [1.165, 1.54) is 32.2 Å². The molecule has 11 nitrogen and oxygen atoms in total. The Morgan fingerprint density at radius 1 is 1.23 bits per heavy atom. The van der Waals surface area contributed by atoms with Crippen molar-refractivity contribution in [2.24, 2.45) is 29.4 Å². The fraction of sp³-hybridized carbons (Fsp3) is 0.458. The number of primary amides is 1. The van der Waals surface area contributed by atoms with Crippen LogP contribution in [0.1, 0.15) is 27.9 Å². The number of carbonyl (C=O) groups excluding carboxylic acids is 5. The molecule has 35 heavy (non-hydrogen) atoms. The smallest absolute Gasteiger partial charge is 0.235 e. The number of hydrogen-bond acceptors (Lipinski definition) is 10. The van der Waals surface area contributed by atoms with Gasteiger partial charge < -0.3 is 15.9 Å². The lowest BCUT2D eigenvalue weighted by molar-refractivity contribution is -0.181. The molecule has 3 aliphatic rings. The van der Waals surface area contributed by atoms with Crippen molar-refractivity contribution in [1.82, 2.24) is 10.4 Å². The van der Waals surface area contributed by atoms with Gasteiger partial charge in [-0.3, -0.25) is 39.2 Å². The van der Waals surface area contributed by atoms with Crippen LogP contribution in [0.3, 0.4) is 0 Å². The molecule has 186 valence electrons. The second-order valence-corrected chi connectivity index (χ2v) is 9.56. The molecule has 0 heterocycles. The molecule has 3 aliphatic carbocycles. The van der Waals surface area contributed by atoms with Crippen LogP contribution in [0.25, 0.3) is 5.70 Å². The monoisotopic (exact) mass is 485 g/mol. The van der Waals surface area contributed by atoms with Crippen molar-refractivity contribution in [2.45, 2.75) is 24.5 Å². The van der Waals surface area contributed by atoms with Gasteiger partial charge >= 0.3 is 0 Å². The summed E-state index contributed by atoms with van der Waals surface area (Å²) < 4.78 is 0. The molecule has 4 rings (SSSR count). The number of nitrogens with zero attached hydrogens (tertiary/aromatic N) is 1. The Labute approximate surface area is 200 Å². The first-order valence-electron chi connectivity index (χ1n) is 11.1. The number of nitrogens with one attached hydrogen (secondary N) is 1. The normalized spacial score (nSPS) is 32.1. The number of aromatic hydroxyl groups is 1. The van der Waals surface area contributed by atoms with Gasteiger partial charge in [0.2, 0.25) is 5.91 Å². The second kappa shape index (κ2) is 8.36. The average molecular weight is 485 g/mol. The fourth-order valence-corrected chi connectivity index (χ4v) is 6.07. The van der Waals surface area contributed by atoms with Gasteiger partial charge in [-0.25, -0.2) is 0 Å². The topological polar surface area (TPSA) is 176 Å². The zero-order valence-electron chi connectivity index (χ0n) is 19.5. The highest BCUT2D eigenvalue weighted by Crippen LogP contribution is 2.51. The van der Waals surface area contributed by atoms with E-state index in [1.807, 2.05) is 0 Å². The predicted molar refractivity (Wildman–Crippen MR) is 121 cm³/mol. The SMILES string of the molecule is C=C(NOC)c1ccc(O)c2c1C[C@@H]1C[C@H]3C(N(C)C)C(=O)C(C(N)=O)C(=O)[C@@]3(O)C(=O)C1C2=O. The average Bonchev–Trinajstić information content (AvgIpc) is 2.76. The molecule has 0 aromatic heterocycles. The van der Waals surface area contributed by atoms with Crippen LogP contribution in [-0.4, -0.2) is 77.0 Å². The lowest BCUT2D eigenvalue weighted by Crippen LogP contribution is -2.74. The Bertz CT molecular complexity index is 1190. The van der Waals surface area contributed by atoms with Crippen LogP contribution in [-0.2, 0) is 30.4 Å². The quantitative estimate of drug-likeness (QED) is 0.298. The zero-order chi connectivity index (χ0) is 26.0. The van der Waals surface area contributed by atoms with Crippen LogP contribution >= 0.6 is 0 Å². The van der Waals surface area contributed by atoms with E-state index in [2.05, 4.69) is 12.1 Å². The van der Waals surface area contributed by atoms with Gasteiger partial charge in [0.25, 0.3) is 0 Å². The molecule has 5 N–H and O–H groups in total. The minimum Gasteiger partial charge on any atom is -0.507 e. The van der Waals surface area contributed by atoms with Gasteiger partial charge in [0.05, 0.1) is 30.3 Å². The maximum atomic E-state index is 13.7. The van der Waals surface area contributed by atoms with Gasteiger partial charge in [0, 0.05) is 11.5 Å². The standard InChI is InChI=1S/C24H27N3O8/c1-9(26-35-4)11-5-6-14(28)16-12(11)7-10-8-13-18(27(2)3)20(30)17(23(25)33)22(32)24(13,34)21(31)15(10)19(16)29/h5-6,10,13,15,17-18,26,28,34H,1,7-8H2,2-4H3,(H2,25,33)/t10-,13+,15?,17?,18?,24+/m1/s1. The molecule has 0 saturated heterocycles. The highest BCUT2D eigenvalue weighted by atomic mass is 16.6. The Hall–Kier alpha value is -3.41. The lowest BCUT2D eigenvalue weighted by Gasteiger charge is -2.52. The number of hydroxylamine groups is 1. The van der Waals surface area contributed by atoms with Crippen molar-refractivity contribution in [3.8, 4) is 5.75 Å². The minimum absolute atomic E-state index is 0.0246. The van der Waals surface area contributed by atoms with E-state index in [1.54, 1.807) is 6.07 Å². The first-order chi connectivity index (χ1) is 16.4. The summed E-state index contributed by atoms with van der Waals surface area (Å²) in [6, 6.07) is 1.70. The third-order valence-corrected chi connectivity index (χ3v) is 7.50. The van der Waals surface area contributed by atoms with Crippen molar-refractivity contribution >= 4 is 34.7 Å². The molecule has 6 atom stereocenters. The molecular formula is C24H27N3O8. The fourth-order valence-electron chi connectivity index (χ4n) is 6.07. The number of amides is 1. The third-order valence-electron chi connectivity index (χ3n) is 7.50. The molecule has 0 radical (unpaired) electrons. The number of phenols is 1. The Morgan fingerprint density at radius 2 is 1.89 bits per heavy atom. The number of benzene rings is 1. The first kappa shape index (κ1) is 24.7. The molecule has 11 heteroatoms. The van der Waals surface area contributed by atoms with E-state index in [-0.39, 0.29) is 24.2 Å². The van der Waals surface area contributed by atoms with Crippen LogP contribution in [0.15, 0.2) is 18.7 Å². The van der Waals surface area contributed by atoms with Gasteiger partial charge in [-0.05, 0) is 50.6 Å².